The highest BCUT2D eigenvalue weighted by atomic mass is 16.5. The molecule has 130 valence electrons. The minimum absolute atomic E-state index is 0.175. The van der Waals surface area contributed by atoms with Crippen molar-refractivity contribution in [1.29, 1.82) is 5.26 Å². The zero-order chi connectivity index (χ0) is 17.8. The quantitative estimate of drug-likeness (QED) is 0.631. The molecule has 2 N–H and O–H groups in total. The Labute approximate surface area is 141 Å². The van der Waals surface area contributed by atoms with E-state index in [4.69, 9.17) is 14.7 Å². The number of rotatable bonds is 10. The Bertz CT molecular complexity index is 564. The van der Waals surface area contributed by atoms with Crippen LogP contribution in [0.25, 0.3) is 0 Å². The summed E-state index contributed by atoms with van der Waals surface area (Å²) in [6.45, 7) is 4.61. The van der Waals surface area contributed by atoms with Crippen LogP contribution in [0.5, 0.6) is 0 Å². The molecule has 0 unspecified atom stereocenters. The van der Waals surface area contributed by atoms with Crippen molar-refractivity contribution in [3.63, 3.8) is 0 Å². The second-order valence-corrected chi connectivity index (χ2v) is 5.35. The summed E-state index contributed by atoms with van der Waals surface area (Å²) in [6, 6.07) is 8.46. The standard InChI is InChI=1S/C17H23N3O4/c1-13(2)24-9-3-8-19-16(21)11-23-12-17(22)20-15-6-4-14(10-18)5-7-15/h4-7,13H,3,8-9,11-12H2,1-2H3,(H,19,21)(H,20,22). The van der Waals surface area contributed by atoms with Crippen molar-refractivity contribution in [2.75, 3.05) is 31.7 Å². The van der Waals surface area contributed by atoms with E-state index in [1.807, 2.05) is 19.9 Å². The summed E-state index contributed by atoms with van der Waals surface area (Å²) in [4.78, 5) is 23.2. The van der Waals surface area contributed by atoms with Gasteiger partial charge in [0.05, 0.1) is 17.7 Å². The van der Waals surface area contributed by atoms with E-state index >= 15 is 0 Å². The summed E-state index contributed by atoms with van der Waals surface area (Å²) < 4.78 is 10.4. The van der Waals surface area contributed by atoms with Gasteiger partial charge < -0.3 is 20.1 Å². The zero-order valence-corrected chi connectivity index (χ0v) is 14.0. The van der Waals surface area contributed by atoms with Gasteiger partial charge in [-0.25, -0.2) is 0 Å². The molecule has 0 atom stereocenters. The van der Waals surface area contributed by atoms with Crippen molar-refractivity contribution in [3.05, 3.63) is 29.8 Å². The van der Waals surface area contributed by atoms with Gasteiger partial charge in [0.1, 0.15) is 13.2 Å². The molecule has 7 nitrogen and oxygen atoms in total. The van der Waals surface area contributed by atoms with E-state index in [2.05, 4.69) is 10.6 Å². The fourth-order valence-electron chi connectivity index (χ4n) is 1.73. The Morgan fingerprint density at radius 2 is 1.83 bits per heavy atom. The largest absolute Gasteiger partial charge is 0.379 e. The highest BCUT2D eigenvalue weighted by Crippen LogP contribution is 2.08. The lowest BCUT2D eigenvalue weighted by atomic mass is 10.2. The van der Waals surface area contributed by atoms with E-state index in [1.165, 1.54) is 0 Å². The molecule has 1 aromatic carbocycles. The van der Waals surface area contributed by atoms with Crippen molar-refractivity contribution < 1.29 is 19.1 Å². The molecule has 2 amide bonds. The Morgan fingerprint density at radius 3 is 2.46 bits per heavy atom. The molecular weight excluding hydrogens is 310 g/mol. The van der Waals surface area contributed by atoms with E-state index in [0.29, 0.717) is 24.4 Å². The predicted molar refractivity (Wildman–Crippen MR) is 89.3 cm³/mol. The van der Waals surface area contributed by atoms with Crippen LogP contribution in [0.15, 0.2) is 24.3 Å². The van der Waals surface area contributed by atoms with Gasteiger partial charge in [-0.1, -0.05) is 0 Å². The number of hydrogen-bond donors (Lipinski definition) is 2. The fraction of sp³-hybridized carbons (Fsp3) is 0.471. The maximum absolute atomic E-state index is 11.7. The first-order valence-electron chi connectivity index (χ1n) is 7.77. The van der Waals surface area contributed by atoms with E-state index in [1.54, 1.807) is 24.3 Å². The van der Waals surface area contributed by atoms with E-state index in [-0.39, 0.29) is 31.1 Å². The number of benzene rings is 1. The smallest absolute Gasteiger partial charge is 0.250 e. The van der Waals surface area contributed by atoms with Crippen LogP contribution >= 0.6 is 0 Å². The minimum Gasteiger partial charge on any atom is -0.379 e. The van der Waals surface area contributed by atoms with Gasteiger partial charge in [0.2, 0.25) is 11.8 Å². The third kappa shape index (κ3) is 8.88. The summed E-state index contributed by atoms with van der Waals surface area (Å²) in [7, 11) is 0. The molecule has 1 rings (SSSR count). The van der Waals surface area contributed by atoms with Crippen LogP contribution in [0.1, 0.15) is 25.8 Å². The minimum atomic E-state index is -0.363. The maximum Gasteiger partial charge on any atom is 0.250 e. The number of hydrogen-bond acceptors (Lipinski definition) is 5. The molecule has 1 aromatic rings. The highest BCUT2D eigenvalue weighted by Gasteiger charge is 2.06. The van der Waals surface area contributed by atoms with Gasteiger partial charge in [-0.3, -0.25) is 9.59 Å². The number of nitrogens with zero attached hydrogens (tertiary/aromatic N) is 1. The maximum atomic E-state index is 11.7. The van der Waals surface area contributed by atoms with Crippen molar-refractivity contribution in [1.82, 2.24) is 5.32 Å². The first-order chi connectivity index (χ1) is 11.5. The van der Waals surface area contributed by atoms with Gasteiger partial charge >= 0.3 is 0 Å². The van der Waals surface area contributed by atoms with Crippen LogP contribution in [0.3, 0.4) is 0 Å². The van der Waals surface area contributed by atoms with E-state index < -0.39 is 0 Å². The molecule has 0 bridgehead atoms. The number of amides is 2. The second kappa shape index (κ2) is 11.2. The summed E-state index contributed by atoms with van der Waals surface area (Å²) in [5.74, 6) is -0.636. The Morgan fingerprint density at radius 1 is 1.17 bits per heavy atom. The van der Waals surface area contributed by atoms with Crippen LogP contribution < -0.4 is 10.6 Å². The monoisotopic (exact) mass is 333 g/mol. The number of anilines is 1. The highest BCUT2D eigenvalue weighted by molar-refractivity contribution is 5.91. The summed E-state index contributed by atoms with van der Waals surface area (Å²) in [6.07, 6.45) is 0.905. The van der Waals surface area contributed by atoms with Crippen LogP contribution in [0, 0.1) is 11.3 Å². The van der Waals surface area contributed by atoms with Crippen molar-refractivity contribution in [2.24, 2.45) is 0 Å². The molecule has 0 saturated heterocycles. The molecule has 0 fully saturated rings. The molecule has 0 heterocycles. The SMILES string of the molecule is CC(C)OCCCNC(=O)COCC(=O)Nc1ccc(C#N)cc1. The van der Waals surface area contributed by atoms with Gasteiger partial charge in [-0.05, 0) is 44.5 Å². The molecule has 0 saturated carbocycles. The second-order valence-electron chi connectivity index (χ2n) is 5.35. The van der Waals surface area contributed by atoms with Gasteiger partial charge in [-0.15, -0.1) is 0 Å². The lowest BCUT2D eigenvalue weighted by Gasteiger charge is -2.09. The first-order valence-corrected chi connectivity index (χ1v) is 7.77. The number of nitrogens with one attached hydrogen (secondary N) is 2. The van der Waals surface area contributed by atoms with Crippen LogP contribution in [-0.4, -0.2) is 44.3 Å². The van der Waals surface area contributed by atoms with Gasteiger partial charge in [0.25, 0.3) is 0 Å². The van der Waals surface area contributed by atoms with Crippen LogP contribution in [0.4, 0.5) is 5.69 Å². The summed E-state index contributed by atoms with van der Waals surface area (Å²) in [5, 5.41) is 14.0. The third-order valence-electron chi connectivity index (χ3n) is 2.86. The molecule has 0 radical (unpaired) electrons. The Balaban J connectivity index is 2.11. The van der Waals surface area contributed by atoms with Crippen LogP contribution in [0.2, 0.25) is 0 Å². The molecule has 0 aliphatic carbocycles. The number of ether oxygens (including phenoxy) is 2. The molecule has 7 heteroatoms. The first kappa shape index (κ1) is 19.6. The summed E-state index contributed by atoms with van der Waals surface area (Å²) >= 11 is 0. The number of carbonyl (C=O) groups is 2. The normalized spacial score (nSPS) is 10.2. The Kier molecular flexibility index (Phi) is 9.12. The van der Waals surface area contributed by atoms with Crippen LogP contribution in [-0.2, 0) is 19.1 Å². The number of nitriles is 1. The number of carbonyl (C=O) groups excluding carboxylic acids is 2. The van der Waals surface area contributed by atoms with Crippen molar-refractivity contribution in [3.8, 4) is 6.07 Å². The topological polar surface area (TPSA) is 100 Å². The summed E-state index contributed by atoms with van der Waals surface area (Å²) in [5.41, 5.74) is 1.08. The third-order valence-corrected chi connectivity index (χ3v) is 2.86. The molecule has 0 spiro atoms. The predicted octanol–water partition coefficient (Wildman–Crippen LogP) is 1.44. The molecular formula is C17H23N3O4. The lowest BCUT2D eigenvalue weighted by Crippen LogP contribution is -2.30. The lowest BCUT2D eigenvalue weighted by molar-refractivity contribution is -0.128. The molecule has 0 aromatic heterocycles. The van der Waals surface area contributed by atoms with E-state index in [9.17, 15) is 9.59 Å². The van der Waals surface area contributed by atoms with Crippen molar-refractivity contribution >= 4 is 17.5 Å². The molecule has 24 heavy (non-hydrogen) atoms. The average molecular weight is 333 g/mol. The van der Waals surface area contributed by atoms with E-state index in [0.717, 1.165) is 6.42 Å². The molecule has 0 aliphatic heterocycles. The van der Waals surface area contributed by atoms with Gasteiger partial charge in [0, 0.05) is 18.8 Å². The van der Waals surface area contributed by atoms with Gasteiger partial charge in [-0.2, -0.15) is 5.26 Å². The zero-order valence-electron chi connectivity index (χ0n) is 14.0. The fourth-order valence-corrected chi connectivity index (χ4v) is 1.73. The Hall–Kier alpha value is -2.43. The van der Waals surface area contributed by atoms with Gasteiger partial charge in [0.15, 0.2) is 0 Å². The molecule has 0 aliphatic rings. The average Bonchev–Trinajstić information content (AvgIpc) is 2.55. The van der Waals surface area contributed by atoms with Crippen molar-refractivity contribution in [2.45, 2.75) is 26.4 Å².